The largest absolute Gasteiger partial charge is 0.506 e. The third-order valence-corrected chi connectivity index (χ3v) is 9.62. The zero-order chi connectivity index (χ0) is 38.7. The summed E-state index contributed by atoms with van der Waals surface area (Å²) in [5.74, 6) is 2.82. The standard InChI is InChI=1S/C33H29ClN6O5.C5H8O4/c1-16-13-36-30-26(41)11-25-29(28(16)30)20(12-34)14-40(25)33(44)24-10-18-9-21(4-6-23(18)38-24)37-32(43)31-22-5-2-17(3-7-27(42)39-35)8-19(22)15-45-31;6-4(7)2-1-3-5(8)9/h2,4-6,8-11,13,15,20,36,38,41H,3,7,12,14,35H2,1H3,(H,37,43)(H,39,42);1-3H2,(H,6,7)(H,8,9)/t20-;/m1./s1. The van der Waals surface area contributed by atoms with E-state index in [0.29, 0.717) is 46.8 Å². The minimum atomic E-state index is -0.948. The Morgan fingerprint density at radius 3 is 2.46 bits per heavy atom. The van der Waals surface area contributed by atoms with Gasteiger partial charge in [-0.25, -0.2) is 5.84 Å². The molecule has 0 unspecified atom stereocenters. The molecule has 0 aliphatic carbocycles. The number of H-pyrrole nitrogens is 2. The van der Waals surface area contributed by atoms with Crippen LogP contribution in [0.25, 0.3) is 32.6 Å². The molecule has 7 rings (SSSR count). The lowest BCUT2D eigenvalue weighted by Crippen LogP contribution is -2.30. The highest BCUT2D eigenvalue weighted by atomic mass is 35.5. The average molecular weight is 757 g/mol. The molecule has 4 heterocycles. The molecule has 1 aliphatic heterocycles. The number of rotatable bonds is 11. The van der Waals surface area contributed by atoms with Gasteiger partial charge in [0.05, 0.1) is 17.5 Å². The lowest BCUT2D eigenvalue weighted by Gasteiger charge is -2.17. The van der Waals surface area contributed by atoms with Crippen molar-refractivity contribution in [2.75, 3.05) is 22.6 Å². The summed E-state index contributed by atoms with van der Waals surface area (Å²) in [7, 11) is 0. The lowest BCUT2D eigenvalue weighted by molar-refractivity contribution is -0.138. The number of carboxylic acids is 2. The number of amides is 3. The van der Waals surface area contributed by atoms with Crippen molar-refractivity contribution in [1.29, 1.82) is 0 Å². The van der Waals surface area contributed by atoms with Crippen molar-refractivity contribution >= 4 is 85.2 Å². The number of hydrogen-bond donors (Lipinski definition) is 8. The first kappa shape index (κ1) is 37.4. The van der Waals surface area contributed by atoms with Crippen LogP contribution < -0.4 is 21.5 Å². The Bertz CT molecular complexity index is 2420. The molecule has 0 radical (unpaired) electrons. The van der Waals surface area contributed by atoms with E-state index in [0.717, 1.165) is 38.4 Å². The minimum Gasteiger partial charge on any atom is -0.506 e. The number of benzene rings is 3. The van der Waals surface area contributed by atoms with Crippen molar-refractivity contribution in [3.63, 3.8) is 0 Å². The number of carbonyl (C=O) groups is 5. The summed E-state index contributed by atoms with van der Waals surface area (Å²) in [4.78, 5) is 66.0. The van der Waals surface area contributed by atoms with Gasteiger partial charge in [-0.3, -0.25) is 29.4 Å². The van der Waals surface area contributed by atoms with E-state index in [-0.39, 0.29) is 54.9 Å². The number of aliphatic carboxylic acids is 2. The molecule has 0 fully saturated rings. The molecule has 6 aromatic rings. The third-order valence-electron chi connectivity index (χ3n) is 9.25. The van der Waals surface area contributed by atoms with Crippen LogP contribution in [0.4, 0.5) is 11.4 Å². The van der Waals surface area contributed by atoms with Gasteiger partial charge in [0, 0.05) is 82.6 Å². The van der Waals surface area contributed by atoms with E-state index in [1.807, 2.05) is 25.3 Å². The fourth-order valence-corrected chi connectivity index (χ4v) is 6.91. The molecular weight excluding hydrogens is 720 g/mol. The molecule has 54 heavy (non-hydrogen) atoms. The van der Waals surface area contributed by atoms with Gasteiger partial charge in [-0.15, -0.1) is 11.6 Å². The van der Waals surface area contributed by atoms with Gasteiger partial charge in [0.25, 0.3) is 11.8 Å². The highest BCUT2D eigenvalue weighted by Gasteiger charge is 2.36. The smallest absolute Gasteiger partial charge is 0.303 e. The van der Waals surface area contributed by atoms with Crippen molar-refractivity contribution in [3.8, 4) is 5.75 Å². The summed E-state index contributed by atoms with van der Waals surface area (Å²) < 4.78 is 5.62. The maximum Gasteiger partial charge on any atom is 0.303 e. The van der Waals surface area contributed by atoms with Crippen molar-refractivity contribution in [2.24, 2.45) is 5.84 Å². The molecular formula is C38H37ClN6O9. The van der Waals surface area contributed by atoms with Crippen LogP contribution in [0.5, 0.6) is 5.75 Å². The van der Waals surface area contributed by atoms with E-state index in [9.17, 15) is 29.1 Å². The third kappa shape index (κ3) is 7.72. The molecule has 0 saturated heterocycles. The fraction of sp³-hybridized carbons (Fsp3) is 0.237. The first-order chi connectivity index (χ1) is 25.9. The predicted molar refractivity (Wildman–Crippen MR) is 202 cm³/mol. The van der Waals surface area contributed by atoms with Crippen LogP contribution in [0.2, 0.25) is 0 Å². The molecule has 16 heteroatoms. The number of alkyl halides is 1. The number of phenolic OH excluding ortho intramolecular Hbond substituents is 1. The molecule has 15 nitrogen and oxygen atoms in total. The van der Waals surface area contributed by atoms with Gasteiger partial charge in [0.15, 0.2) is 5.76 Å². The quantitative estimate of drug-likeness (QED) is 0.0337. The summed E-state index contributed by atoms with van der Waals surface area (Å²) in [6.07, 6.45) is 4.19. The number of hydrazine groups is 1. The zero-order valence-corrected chi connectivity index (χ0v) is 29.8. The number of aromatic hydroxyl groups is 1. The maximum atomic E-state index is 13.8. The van der Waals surface area contributed by atoms with Crippen molar-refractivity contribution in [3.05, 3.63) is 89.1 Å². The number of anilines is 2. The number of aromatic amines is 2. The second-order valence-corrected chi connectivity index (χ2v) is 13.3. The summed E-state index contributed by atoms with van der Waals surface area (Å²) >= 11 is 6.36. The first-order valence-corrected chi connectivity index (χ1v) is 17.5. The van der Waals surface area contributed by atoms with Crippen LogP contribution in [0.1, 0.15) is 69.3 Å². The number of nitrogens with one attached hydrogen (secondary N) is 4. The Morgan fingerprint density at radius 2 is 1.76 bits per heavy atom. The maximum absolute atomic E-state index is 13.8. The molecule has 280 valence electrons. The van der Waals surface area contributed by atoms with Gasteiger partial charge in [-0.1, -0.05) is 12.1 Å². The summed E-state index contributed by atoms with van der Waals surface area (Å²) in [6.45, 7) is 2.35. The molecule has 0 saturated carbocycles. The SMILES string of the molecule is Cc1c[nH]c2c(O)cc3c(c12)[C@H](CCl)CN3C(=O)c1cc2cc(NC(=O)c3occ4cc(CCC(=O)NN)ccc34)ccc2[nH]1.O=C(O)CCCC(=O)O. The number of hydrogen-bond acceptors (Lipinski definition) is 8. The number of halogens is 1. The van der Waals surface area contributed by atoms with Gasteiger partial charge in [0.1, 0.15) is 11.4 Å². The van der Waals surface area contributed by atoms with Crippen LogP contribution in [-0.2, 0) is 20.8 Å². The van der Waals surface area contributed by atoms with Crippen LogP contribution >= 0.6 is 11.6 Å². The number of furan rings is 1. The van der Waals surface area contributed by atoms with E-state index >= 15 is 0 Å². The Balaban J connectivity index is 0.000000493. The number of aryl methyl sites for hydroxylation is 2. The molecule has 3 aromatic carbocycles. The van der Waals surface area contributed by atoms with Crippen LogP contribution in [0.15, 0.2) is 65.4 Å². The van der Waals surface area contributed by atoms with E-state index in [1.165, 1.54) is 6.26 Å². The summed E-state index contributed by atoms with van der Waals surface area (Å²) in [5.41, 5.74) is 7.87. The van der Waals surface area contributed by atoms with Crippen molar-refractivity contribution in [1.82, 2.24) is 15.4 Å². The molecule has 3 aromatic heterocycles. The normalized spacial score (nSPS) is 13.5. The van der Waals surface area contributed by atoms with Gasteiger partial charge in [-0.2, -0.15) is 0 Å². The lowest BCUT2D eigenvalue weighted by atomic mass is 9.97. The highest BCUT2D eigenvalue weighted by Crippen LogP contribution is 2.46. The Kier molecular flexibility index (Phi) is 10.9. The van der Waals surface area contributed by atoms with E-state index in [4.69, 9.17) is 32.1 Å². The molecule has 1 aliphatic rings. The minimum absolute atomic E-state index is 0.0632. The Morgan fingerprint density at radius 1 is 1.00 bits per heavy atom. The van der Waals surface area contributed by atoms with Gasteiger partial charge in [0.2, 0.25) is 5.91 Å². The molecule has 3 amide bonds. The number of fused-ring (bicyclic) bond motifs is 5. The van der Waals surface area contributed by atoms with Gasteiger partial charge in [-0.05, 0) is 66.8 Å². The number of aromatic nitrogens is 2. The van der Waals surface area contributed by atoms with Gasteiger partial charge >= 0.3 is 11.9 Å². The second kappa shape index (κ2) is 15.7. The van der Waals surface area contributed by atoms with Crippen LogP contribution in [0.3, 0.4) is 0 Å². The van der Waals surface area contributed by atoms with E-state index in [2.05, 4.69) is 20.7 Å². The number of carbonyl (C=O) groups excluding carboxylic acids is 3. The summed E-state index contributed by atoms with van der Waals surface area (Å²) in [5, 5.41) is 32.7. The van der Waals surface area contributed by atoms with E-state index in [1.54, 1.807) is 41.3 Å². The first-order valence-electron chi connectivity index (χ1n) is 17.0. The Hall–Kier alpha value is -6.32. The van der Waals surface area contributed by atoms with Crippen LogP contribution in [0, 0.1) is 6.92 Å². The van der Waals surface area contributed by atoms with Crippen LogP contribution in [-0.4, -0.2) is 67.4 Å². The second-order valence-electron chi connectivity index (χ2n) is 13.0. The number of phenols is 1. The van der Waals surface area contributed by atoms with Crippen molar-refractivity contribution in [2.45, 2.75) is 44.9 Å². The molecule has 0 bridgehead atoms. The average Bonchev–Trinajstić information content (AvgIpc) is 3.94. The van der Waals surface area contributed by atoms with Crippen molar-refractivity contribution < 1.29 is 43.7 Å². The van der Waals surface area contributed by atoms with E-state index < -0.39 is 17.8 Å². The molecule has 0 spiro atoms. The number of nitrogens with two attached hydrogens (primary N) is 1. The molecule has 1 atom stereocenters. The van der Waals surface area contributed by atoms with Gasteiger partial charge < -0.3 is 39.9 Å². The number of nitrogens with zero attached hydrogens (tertiary/aromatic N) is 1. The number of carboxylic acid groups (broad SMARTS) is 2. The highest BCUT2D eigenvalue weighted by molar-refractivity contribution is 6.19. The topological polar surface area (TPSA) is 244 Å². The molecule has 9 N–H and O–H groups in total. The predicted octanol–water partition coefficient (Wildman–Crippen LogP) is 5.89. The summed E-state index contributed by atoms with van der Waals surface area (Å²) in [6, 6.07) is 14.2. The monoisotopic (exact) mass is 756 g/mol. The fourth-order valence-electron chi connectivity index (χ4n) is 6.66. The zero-order valence-electron chi connectivity index (χ0n) is 29.0. The Labute approximate surface area is 312 Å².